The van der Waals surface area contributed by atoms with Crippen LogP contribution < -0.4 is 5.73 Å². The van der Waals surface area contributed by atoms with Gasteiger partial charge in [-0.15, -0.1) is 0 Å². The predicted octanol–water partition coefficient (Wildman–Crippen LogP) is 2.09. The van der Waals surface area contributed by atoms with Crippen molar-refractivity contribution in [2.24, 2.45) is 11.7 Å². The summed E-state index contributed by atoms with van der Waals surface area (Å²) in [5.41, 5.74) is 5.58. The van der Waals surface area contributed by atoms with E-state index in [1.165, 1.54) is 12.8 Å². The van der Waals surface area contributed by atoms with Gasteiger partial charge in [-0.1, -0.05) is 38.9 Å². The molecule has 2 N–H and O–H groups in total. The zero-order chi connectivity index (χ0) is 12.1. The fourth-order valence-corrected chi connectivity index (χ4v) is 2.37. The van der Waals surface area contributed by atoms with E-state index in [-0.39, 0.29) is 11.8 Å². The van der Waals surface area contributed by atoms with Crippen molar-refractivity contribution < 1.29 is 4.79 Å². The summed E-state index contributed by atoms with van der Waals surface area (Å²) in [6.07, 6.45) is 5.51. The highest BCUT2D eigenvalue weighted by molar-refractivity contribution is 7.80. The summed E-state index contributed by atoms with van der Waals surface area (Å²) < 4.78 is 0. The van der Waals surface area contributed by atoms with Crippen molar-refractivity contribution >= 4 is 23.1 Å². The van der Waals surface area contributed by atoms with Crippen LogP contribution in [0.2, 0.25) is 0 Å². The number of nitrogens with two attached hydrogens (primary N) is 1. The summed E-state index contributed by atoms with van der Waals surface area (Å²) >= 11 is 4.93. The molecule has 1 aliphatic carbocycles. The molecule has 4 heteroatoms. The summed E-state index contributed by atoms with van der Waals surface area (Å²) in [4.78, 5) is 14.5. The Labute approximate surface area is 103 Å². The number of amides is 1. The lowest BCUT2D eigenvalue weighted by molar-refractivity contribution is -0.136. The van der Waals surface area contributed by atoms with E-state index in [0.29, 0.717) is 17.6 Å². The molecular weight excluding hydrogens is 220 g/mol. The third-order valence-electron chi connectivity index (χ3n) is 3.41. The van der Waals surface area contributed by atoms with Crippen molar-refractivity contribution in [2.75, 3.05) is 6.54 Å². The minimum absolute atomic E-state index is 0.0787. The second-order valence-corrected chi connectivity index (χ2v) is 5.20. The highest BCUT2D eigenvalue weighted by Crippen LogP contribution is 2.25. The summed E-state index contributed by atoms with van der Waals surface area (Å²) in [6.45, 7) is 4.46. The Hall–Kier alpha value is -0.640. The molecule has 0 aromatic heterocycles. The van der Waals surface area contributed by atoms with Crippen LogP contribution >= 0.6 is 12.2 Å². The van der Waals surface area contributed by atoms with Crippen molar-refractivity contribution in [2.45, 2.75) is 52.0 Å². The lowest BCUT2D eigenvalue weighted by Gasteiger charge is -2.30. The molecule has 1 amide bonds. The third-order valence-corrected chi connectivity index (χ3v) is 3.54. The predicted molar refractivity (Wildman–Crippen MR) is 70.2 cm³/mol. The number of nitrogens with zero attached hydrogens (tertiary/aromatic N) is 1. The summed E-state index contributed by atoms with van der Waals surface area (Å²) in [7, 11) is 0. The molecule has 1 unspecified atom stereocenters. The summed E-state index contributed by atoms with van der Waals surface area (Å²) in [5.74, 6) is 0.289. The van der Waals surface area contributed by atoms with Crippen molar-refractivity contribution in [1.29, 1.82) is 0 Å². The molecule has 1 saturated carbocycles. The van der Waals surface area contributed by atoms with Crippen LogP contribution in [0.5, 0.6) is 0 Å². The molecule has 0 radical (unpaired) electrons. The fourth-order valence-electron chi connectivity index (χ4n) is 2.23. The zero-order valence-corrected chi connectivity index (χ0v) is 11.1. The largest absolute Gasteiger partial charge is 0.392 e. The first kappa shape index (κ1) is 13.4. The van der Waals surface area contributed by atoms with Crippen LogP contribution in [-0.4, -0.2) is 28.4 Å². The molecule has 0 bridgehead atoms. The Morgan fingerprint density at radius 2 is 2.06 bits per heavy atom. The molecule has 0 aromatic rings. The Balaban J connectivity index is 2.69. The van der Waals surface area contributed by atoms with Crippen molar-refractivity contribution in [1.82, 2.24) is 4.90 Å². The van der Waals surface area contributed by atoms with Crippen LogP contribution in [0.25, 0.3) is 0 Å². The van der Waals surface area contributed by atoms with Crippen LogP contribution in [0.15, 0.2) is 0 Å². The van der Waals surface area contributed by atoms with Gasteiger partial charge in [-0.2, -0.15) is 0 Å². The highest BCUT2D eigenvalue weighted by Gasteiger charge is 2.28. The van der Waals surface area contributed by atoms with E-state index >= 15 is 0 Å². The topological polar surface area (TPSA) is 46.3 Å². The van der Waals surface area contributed by atoms with Gasteiger partial charge in [-0.05, 0) is 19.3 Å². The quantitative estimate of drug-likeness (QED) is 0.751. The molecule has 0 saturated heterocycles. The van der Waals surface area contributed by atoms with Gasteiger partial charge in [0.25, 0.3) is 0 Å². The van der Waals surface area contributed by atoms with E-state index in [2.05, 4.69) is 0 Å². The maximum atomic E-state index is 12.2. The minimum Gasteiger partial charge on any atom is -0.392 e. The summed E-state index contributed by atoms with van der Waals surface area (Å²) in [6, 6.07) is 0.364. The summed E-state index contributed by atoms with van der Waals surface area (Å²) in [5, 5.41) is 0. The normalized spacial score (nSPS) is 18.4. The number of carbonyl (C=O) groups excluding carboxylic acids is 1. The van der Waals surface area contributed by atoms with E-state index in [1.807, 2.05) is 18.7 Å². The molecule has 1 atom stereocenters. The molecule has 16 heavy (non-hydrogen) atoms. The first-order valence-electron chi connectivity index (χ1n) is 6.15. The van der Waals surface area contributed by atoms with Crippen LogP contribution in [0.1, 0.15) is 46.0 Å². The Bertz CT molecular complexity index is 262. The molecule has 0 aromatic carbocycles. The van der Waals surface area contributed by atoms with Gasteiger partial charge in [0.15, 0.2) is 0 Å². The lowest BCUT2D eigenvalue weighted by atomic mass is 10.1. The van der Waals surface area contributed by atoms with Gasteiger partial charge in [0, 0.05) is 12.0 Å². The lowest BCUT2D eigenvalue weighted by Crippen LogP contribution is -2.45. The van der Waals surface area contributed by atoms with Crippen LogP contribution in [0, 0.1) is 5.92 Å². The molecule has 1 aliphatic rings. The molecule has 1 fully saturated rings. The average Bonchev–Trinajstić information content (AvgIpc) is 2.76. The van der Waals surface area contributed by atoms with E-state index in [0.717, 1.165) is 19.3 Å². The smallest absolute Gasteiger partial charge is 0.226 e. The number of carbonyl (C=O) groups is 1. The van der Waals surface area contributed by atoms with E-state index in [1.54, 1.807) is 0 Å². The third kappa shape index (κ3) is 3.44. The Morgan fingerprint density at radius 1 is 1.50 bits per heavy atom. The van der Waals surface area contributed by atoms with Gasteiger partial charge in [0.2, 0.25) is 5.91 Å². The highest BCUT2D eigenvalue weighted by atomic mass is 32.1. The number of hydrogen-bond donors (Lipinski definition) is 1. The van der Waals surface area contributed by atoms with Crippen molar-refractivity contribution in [3.63, 3.8) is 0 Å². The van der Waals surface area contributed by atoms with E-state index in [4.69, 9.17) is 18.0 Å². The monoisotopic (exact) mass is 242 g/mol. The van der Waals surface area contributed by atoms with Gasteiger partial charge >= 0.3 is 0 Å². The van der Waals surface area contributed by atoms with Gasteiger partial charge in [0.05, 0.1) is 11.5 Å². The molecule has 0 spiro atoms. The first-order valence-corrected chi connectivity index (χ1v) is 6.55. The van der Waals surface area contributed by atoms with Crippen LogP contribution in [-0.2, 0) is 4.79 Å². The Kier molecular flexibility index (Phi) is 5.19. The van der Waals surface area contributed by atoms with Crippen molar-refractivity contribution in [3.05, 3.63) is 0 Å². The second kappa shape index (κ2) is 6.18. The molecule has 1 rings (SSSR count). The minimum atomic E-state index is 0.0787. The van der Waals surface area contributed by atoms with Gasteiger partial charge in [0.1, 0.15) is 0 Å². The fraction of sp³-hybridized carbons (Fsp3) is 0.833. The van der Waals surface area contributed by atoms with E-state index in [9.17, 15) is 4.79 Å². The first-order chi connectivity index (χ1) is 7.56. The molecule has 3 nitrogen and oxygen atoms in total. The molecular formula is C12H22N2OS. The molecule has 0 heterocycles. The number of hydrogen-bond acceptors (Lipinski definition) is 2. The SMILES string of the molecule is CCC(C)C(=O)N(CC(N)=S)C1CCCC1. The van der Waals surface area contributed by atoms with Gasteiger partial charge < -0.3 is 10.6 Å². The maximum Gasteiger partial charge on any atom is 0.226 e. The van der Waals surface area contributed by atoms with Gasteiger partial charge in [-0.3, -0.25) is 4.79 Å². The maximum absolute atomic E-state index is 12.2. The Morgan fingerprint density at radius 3 is 2.50 bits per heavy atom. The average molecular weight is 242 g/mol. The van der Waals surface area contributed by atoms with Gasteiger partial charge in [-0.25, -0.2) is 0 Å². The number of thiocarbonyl (C=S) groups is 1. The molecule has 0 aliphatic heterocycles. The van der Waals surface area contributed by atoms with Crippen LogP contribution in [0.3, 0.4) is 0 Å². The second-order valence-electron chi connectivity index (χ2n) is 4.68. The van der Waals surface area contributed by atoms with Crippen LogP contribution in [0.4, 0.5) is 0 Å². The van der Waals surface area contributed by atoms with E-state index < -0.39 is 0 Å². The standard InChI is InChI=1S/C12H22N2OS/c1-3-9(2)12(15)14(8-11(13)16)10-6-4-5-7-10/h9-10H,3-8H2,1-2H3,(H2,13,16). The zero-order valence-electron chi connectivity index (χ0n) is 10.2. The number of rotatable bonds is 5. The molecule has 92 valence electrons. The van der Waals surface area contributed by atoms with Crippen molar-refractivity contribution in [3.8, 4) is 0 Å².